The van der Waals surface area contributed by atoms with Crippen LogP contribution in [0.4, 0.5) is 9.18 Å². The lowest BCUT2D eigenvalue weighted by atomic mass is 9.68. The Balaban J connectivity index is 2.33. The Morgan fingerprint density at radius 1 is 1.18 bits per heavy atom. The van der Waals surface area contributed by atoms with Crippen LogP contribution in [0.1, 0.15) is 58.4 Å². The highest BCUT2D eigenvalue weighted by atomic mass is 19.1. The van der Waals surface area contributed by atoms with E-state index in [1.807, 2.05) is 0 Å². The van der Waals surface area contributed by atoms with Gasteiger partial charge in [-0.15, -0.1) is 0 Å². The van der Waals surface area contributed by atoms with E-state index in [-0.39, 0.29) is 12.4 Å². The first-order valence-corrected chi connectivity index (χ1v) is 9.61. The highest BCUT2D eigenvalue weighted by Gasteiger charge is 2.39. The van der Waals surface area contributed by atoms with E-state index in [0.29, 0.717) is 11.1 Å². The number of halogens is 1. The van der Waals surface area contributed by atoms with Crippen molar-refractivity contribution in [2.45, 2.75) is 58.5 Å². The van der Waals surface area contributed by atoms with E-state index in [9.17, 15) is 14.0 Å². The van der Waals surface area contributed by atoms with Crippen LogP contribution in [0.15, 0.2) is 29.8 Å². The topological polar surface area (TPSA) is 93.4 Å². The number of hydrazine groups is 1. The molecule has 2 rings (SSSR count). The van der Waals surface area contributed by atoms with Crippen LogP contribution >= 0.6 is 0 Å². The van der Waals surface area contributed by atoms with E-state index in [0.717, 1.165) is 32.1 Å². The summed E-state index contributed by atoms with van der Waals surface area (Å²) in [5.74, 6) is 4.69. The van der Waals surface area contributed by atoms with Crippen molar-refractivity contribution in [1.82, 2.24) is 10.7 Å². The Kier molecular flexibility index (Phi) is 7.18. The first-order chi connectivity index (χ1) is 13.1. The molecule has 0 saturated heterocycles. The lowest BCUT2D eigenvalue weighted by molar-refractivity contribution is -0.118. The number of hydrogen-bond donors (Lipinski definition) is 3. The Morgan fingerprint density at radius 3 is 2.32 bits per heavy atom. The van der Waals surface area contributed by atoms with Gasteiger partial charge in [-0.3, -0.25) is 10.2 Å². The second-order valence-electron chi connectivity index (χ2n) is 8.28. The molecule has 1 saturated carbocycles. The largest absolute Gasteiger partial charge is 0.444 e. The van der Waals surface area contributed by atoms with Crippen molar-refractivity contribution in [3.8, 4) is 0 Å². The van der Waals surface area contributed by atoms with E-state index < -0.39 is 23.0 Å². The minimum absolute atomic E-state index is 0.266. The van der Waals surface area contributed by atoms with E-state index >= 15 is 0 Å². The van der Waals surface area contributed by atoms with Gasteiger partial charge in [0.1, 0.15) is 11.4 Å². The average molecular weight is 391 g/mol. The Bertz CT molecular complexity index is 717. The van der Waals surface area contributed by atoms with Crippen LogP contribution in [0, 0.1) is 11.2 Å². The summed E-state index contributed by atoms with van der Waals surface area (Å²) >= 11 is 0. The minimum Gasteiger partial charge on any atom is -0.444 e. The number of benzene rings is 1. The molecule has 7 heteroatoms. The molecule has 0 radical (unpaired) electrons. The van der Waals surface area contributed by atoms with Gasteiger partial charge in [0.25, 0.3) is 5.91 Å². The standard InChI is InChI=1S/C21H30FN3O3/c1-20(2,3)28-19(27)24-14-21(11-5-4-6-12-21)17(18(26)25-23)13-15-7-9-16(22)10-8-15/h7-10,13H,4-6,11-12,14,23H2,1-3H3,(H,24,27)(H,25,26). The third kappa shape index (κ3) is 6.05. The lowest BCUT2D eigenvalue weighted by Crippen LogP contribution is -2.46. The Hall–Kier alpha value is -2.41. The second kappa shape index (κ2) is 9.19. The van der Waals surface area contributed by atoms with Gasteiger partial charge >= 0.3 is 6.09 Å². The third-order valence-electron chi connectivity index (χ3n) is 4.91. The summed E-state index contributed by atoms with van der Waals surface area (Å²) < 4.78 is 18.6. The van der Waals surface area contributed by atoms with E-state index in [4.69, 9.17) is 10.6 Å². The summed E-state index contributed by atoms with van der Waals surface area (Å²) in [6.45, 7) is 5.66. The zero-order valence-corrected chi connectivity index (χ0v) is 16.8. The molecular formula is C21H30FN3O3. The molecular weight excluding hydrogens is 361 g/mol. The van der Waals surface area contributed by atoms with Gasteiger partial charge in [0, 0.05) is 17.5 Å². The Labute approximate surface area is 165 Å². The second-order valence-corrected chi connectivity index (χ2v) is 8.28. The fraction of sp³-hybridized carbons (Fsp3) is 0.524. The molecule has 1 aliphatic carbocycles. The predicted octanol–water partition coefficient (Wildman–Crippen LogP) is 3.67. The van der Waals surface area contributed by atoms with Crippen LogP contribution in [0.25, 0.3) is 6.08 Å². The van der Waals surface area contributed by atoms with E-state index in [1.165, 1.54) is 12.1 Å². The number of carbonyl (C=O) groups is 2. The monoisotopic (exact) mass is 391 g/mol. The van der Waals surface area contributed by atoms with Gasteiger partial charge < -0.3 is 10.1 Å². The summed E-state index contributed by atoms with van der Waals surface area (Å²) in [7, 11) is 0. The molecule has 1 aromatic carbocycles. The highest BCUT2D eigenvalue weighted by Crippen LogP contribution is 2.43. The minimum atomic E-state index is -0.606. The molecule has 1 fully saturated rings. The molecule has 6 nitrogen and oxygen atoms in total. The summed E-state index contributed by atoms with van der Waals surface area (Å²) in [5.41, 5.74) is 2.23. The first kappa shape index (κ1) is 21.9. The zero-order valence-electron chi connectivity index (χ0n) is 16.8. The van der Waals surface area contributed by atoms with Crippen molar-refractivity contribution in [3.05, 3.63) is 41.2 Å². The van der Waals surface area contributed by atoms with Crippen LogP contribution in [0.3, 0.4) is 0 Å². The number of rotatable bonds is 5. The summed E-state index contributed by atoms with van der Waals surface area (Å²) in [6, 6.07) is 5.90. The number of ether oxygens (including phenoxy) is 1. The quantitative estimate of drug-likeness (QED) is 0.309. The normalized spacial score (nSPS) is 17.0. The molecule has 0 unspecified atom stereocenters. The van der Waals surface area contributed by atoms with Gasteiger partial charge in [-0.25, -0.2) is 15.0 Å². The van der Waals surface area contributed by atoms with Gasteiger partial charge in [0.2, 0.25) is 0 Å². The third-order valence-corrected chi connectivity index (χ3v) is 4.91. The van der Waals surface area contributed by atoms with Gasteiger partial charge in [0.05, 0.1) is 0 Å². The van der Waals surface area contributed by atoms with Crippen LogP contribution in [0.2, 0.25) is 0 Å². The maximum atomic E-state index is 13.2. The molecule has 0 heterocycles. The molecule has 4 N–H and O–H groups in total. The maximum Gasteiger partial charge on any atom is 0.407 e. The lowest BCUT2D eigenvalue weighted by Gasteiger charge is -2.39. The molecule has 0 atom stereocenters. The number of nitrogens with two attached hydrogens (primary N) is 1. The van der Waals surface area contributed by atoms with E-state index in [2.05, 4.69) is 10.7 Å². The first-order valence-electron chi connectivity index (χ1n) is 9.61. The van der Waals surface area contributed by atoms with Crippen LogP contribution in [0.5, 0.6) is 0 Å². The molecule has 28 heavy (non-hydrogen) atoms. The molecule has 0 spiro atoms. The van der Waals surface area contributed by atoms with Crippen molar-refractivity contribution in [2.75, 3.05) is 6.54 Å². The van der Waals surface area contributed by atoms with Gasteiger partial charge in [-0.1, -0.05) is 31.4 Å². The fourth-order valence-corrected chi connectivity index (χ4v) is 3.59. The molecule has 0 bridgehead atoms. The van der Waals surface area contributed by atoms with Crippen molar-refractivity contribution < 1.29 is 18.7 Å². The number of alkyl carbamates (subject to hydrolysis) is 1. The SMILES string of the molecule is CC(C)(C)OC(=O)NCC1(C(=Cc2ccc(F)cc2)C(=O)NN)CCCCC1. The maximum absolute atomic E-state index is 13.2. The summed E-state index contributed by atoms with van der Waals surface area (Å²) in [4.78, 5) is 24.8. The Morgan fingerprint density at radius 2 is 1.79 bits per heavy atom. The van der Waals surface area contributed by atoms with Crippen molar-refractivity contribution in [3.63, 3.8) is 0 Å². The fourth-order valence-electron chi connectivity index (χ4n) is 3.59. The molecule has 0 aliphatic heterocycles. The number of hydrogen-bond acceptors (Lipinski definition) is 4. The molecule has 1 aliphatic rings. The van der Waals surface area contributed by atoms with Crippen LogP contribution in [-0.2, 0) is 9.53 Å². The van der Waals surface area contributed by atoms with Crippen LogP contribution in [-0.4, -0.2) is 24.1 Å². The predicted molar refractivity (Wildman–Crippen MR) is 106 cm³/mol. The number of amides is 2. The van der Waals surface area contributed by atoms with Crippen molar-refractivity contribution in [1.29, 1.82) is 0 Å². The molecule has 2 amide bonds. The van der Waals surface area contributed by atoms with Gasteiger partial charge in [-0.2, -0.15) is 0 Å². The molecule has 0 aromatic heterocycles. The number of nitrogens with one attached hydrogen (secondary N) is 2. The summed E-state index contributed by atoms with van der Waals surface area (Å²) in [5, 5.41) is 2.82. The highest BCUT2D eigenvalue weighted by molar-refractivity contribution is 5.99. The van der Waals surface area contributed by atoms with Gasteiger partial charge in [-0.05, 0) is 57.4 Å². The summed E-state index contributed by atoms with van der Waals surface area (Å²) in [6.07, 6.45) is 5.63. The van der Waals surface area contributed by atoms with Gasteiger partial charge in [0.15, 0.2) is 0 Å². The average Bonchev–Trinajstić information content (AvgIpc) is 2.65. The van der Waals surface area contributed by atoms with Crippen LogP contribution < -0.4 is 16.6 Å². The smallest absolute Gasteiger partial charge is 0.407 e. The zero-order chi connectivity index (χ0) is 20.8. The molecule has 1 aromatic rings. The van der Waals surface area contributed by atoms with Crippen molar-refractivity contribution >= 4 is 18.1 Å². The molecule has 154 valence electrons. The number of carbonyl (C=O) groups excluding carboxylic acids is 2. The van der Waals surface area contributed by atoms with Crippen molar-refractivity contribution in [2.24, 2.45) is 11.3 Å². The van der Waals surface area contributed by atoms with E-state index in [1.54, 1.807) is 39.0 Å².